The van der Waals surface area contributed by atoms with Crippen LogP contribution in [0.5, 0.6) is 0 Å². The van der Waals surface area contributed by atoms with Gasteiger partial charge in [-0.2, -0.15) is 10.1 Å². The quantitative estimate of drug-likeness (QED) is 0.416. The van der Waals surface area contributed by atoms with Gasteiger partial charge in [0.25, 0.3) is 0 Å². The number of nitrogens with one attached hydrogen (secondary N) is 4. The molecule has 1 atom stereocenters. The van der Waals surface area contributed by atoms with Crippen molar-refractivity contribution in [1.82, 2.24) is 35.1 Å². The van der Waals surface area contributed by atoms with E-state index in [9.17, 15) is 0 Å². The Hall–Kier alpha value is -3.49. The highest BCUT2D eigenvalue weighted by atomic mass is 15.2. The van der Waals surface area contributed by atoms with Crippen LogP contribution in [-0.4, -0.2) is 35.1 Å². The highest BCUT2D eigenvalue weighted by Gasteiger charge is 2.25. The Morgan fingerprint density at radius 3 is 2.96 bits per heavy atom. The van der Waals surface area contributed by atoms with E-state index in [2.05, 4.69) is 45.8 Å². The Morgan fingerprint density at radius 1 is 1.15 bits per heavy atom. The van der Waals surface area contributed by atoms with Crippen molar-refractivity contribution >= 4 is 28.6 Å². The molecule has 0 aromatic carbocycles. The van der Waals surface area contributed by atoms with Crippen LogP contribution in [-0.2, 0) is 0 Å². The van der Waals surface area contributed by atoms with E-state index >= 15 is 0 Å². The van der Waals surface area contributed by atoms with E-state index in [-0.39, 0.29) is 6.04 Å². The van der Waals surface area contributed by atoms with Crippen LogP contribution < -0.4 is 10.6 Å². The van der Waals surface area contributed by atoms with E-state index in [1.165, 1.54) is 18.5 Å². The van der Waals surface area contributed by atoms with E-state index < -0.39 is 0 Å². The van der Waals surface area contributed by atoms with Gasteiger partial charge in [-0.05, 0) is 31.9 Å². The van der Waals surface area contributed by atoms with Gasteiger partial charge in [0.15, 0.2) is 11.6 Å². The fourth-order valence-electron chi connectivity index (χ4n) is 2.96. The summed E-state index contributed by atoms with van der Waals surface area (Å²) in [6.07, 6.45) is 7.80. The van der Waals surface area contributed by atoms with E-state index in [0.717, 1.165) is 16.9 Å². The standard InChI is InChI=1S/C18H19N9/c1-10(17-21-9-14-12(23-17)4-6-19-14)22-18-20-7-5-15(25-18)24-16-8-13(26-27-16)11-2-3-11/h4-11,19H,2-3H2,1H3,(H3,20,22,24,25,26,27)/t10-/m1/s1. The van der Waals surface area contributed by atoms with Crippen LogP contribution in [0, 0.1) is 0 Å². The molecule has 1 aliphatic carbocycles. The summed E-state index contributed by atoms with van der Waals surface area (Å²) in [7, 11) is 0. The Morgan fingerprint density at radius 2 is 2.07 bits per heavy atom. The molecule has 9 heteroatoms. The minimum atomic E-state index is -0.133. The molecule has 4 N–H and O–H groups in total. The molecule has 27 heavy (non-hydrogen) atoms. The Bertz CT molecular complexity index is 1080. The molecule has 4 aromatic rings. The predicted octanol–water partition coefficient (Wildman–Crippen LogP) is 3.27. The first-order valence-electron chi connectivity index (χ1n) is 8.96. The van der Waals surface area contributed by atoms with Crippen molar-refractivity contribution in [1.29, 1.82) is 0 Å². The Balaban J connectivity index is 1.30. The number of H-pyrrole nitrogens is 2. The third kappa shape index (κ3) is 3.31. The molecule has 0 unspecified atom stereocenters. The fourth-order valence-corrected chi connectivity index (χ4v) is 2.96. The van der Waals surface area contributed by atoms with Crippen LogP contribution in [0.1, 0.15) is 43.2 Å². The van der Waals surface area contributed by atoms with Gasteiger partial charge in [-0.15, -0.1) is 0 Å². The summed E-state index contributed by atoms with van der Waals surface area (Å²) in [5, 5.41) is 13.8. The molecule has 4 aromatic heterocycles. The van der Waals surface area contributed by atoms with E-state index in [0.29, 0.717) is 23.5 Å². The smallest absolute Gasteiger partial charge is 0.225 e. The minimum Gasteiger partial charge on any atom is -0.359 e. The summed E-state index contributed by atoms with van der Waals surface area (Å²) in [5.74, 6) is 3.26. The highest BCUT2D eigenvalue weighted by Crippen LogP contribution is 2.39. The zero-order valence-electron chi connectivity index (χ0n) is 14.8. The normalized spacial score (nSPS) is 15.0. The number of anilines is 3. The van der Waals surface area contributed by atoms with Crippen molar-refractivity contribution in [2.75, 3.05) is 10.6 Å². The van der Waals surface area contributed by atoms with E-state index in [4.69, 9.17) is 0 Å². The fraction of sp³-hybridized carbons (Fsp3) is 0.278. The van der Waals surface area contributed by atoms with Crippen LogP contribution in [0.2, 0.25) is 0 Å². The van der Waals surface area contributed by atoms with Gasteiger partial charge in [-0.25, -0.2) is 15.0 Å². The topological polar surface area (TPSA) is 120 Å². The second-order valence-electron chi connectivity index (χ2n) is 6.74. The average molecular weight is 361 g/mol. The lowest BCUT2D eigenvalue weighted by molar-refractivity contribution is 0.785. The molecule has 0 aliphatic heterocycles. The van der Waals surface area contributed by atoms with E-state index in [1.807, 2.05) is 31.3 Å². The summed E-state index contributed by atoms with van der Waals surface area (Å²) < 4.78 is 0. The van der Waals surface area contributed by atoms with Crippen molar-refractivity contribution < 1.29 is 0 Å². The summed E-state index contributed by atoms with van der Waals surface area (Å²) in [6.45, 7) is 1.98. The van der Waals surface area contributed by atoms with Gasteiger partial charge in [-0.3, -0.25) is 5.10 Å². The summed E-state index contributed by atoms with van der Waals surface area (Å²) >= 11 is 0. The van der Waals surface area contributed by atoms with Crippen LogP contribution in [0.25, 0.3) is 11.0 Å². The number of fused-ring (bicyclic) bond motifs is 1. The molecule has 0 radical (unpaired) electrons. The number of nitrogens with zero attached hydrogens (tertiary/aromatic N) is 5. The number of aromatic amines is 2. The monoisotopic (exact) mass is 361 g/mol. The molecule has 0 amide bonds. The third-order valence-electron chi connectivity index (χ3n) is 4.58. The maximum Gasteiger partial charge on any atom is 0.225 e. The Kier molecular flexibility index (Phi) is 3.70. The van der Waals surface area contributed by atoms with Crippen molar-refractivity contribution in [3.63, 3.8) is 0 Å². The lowest BCUT2D eigenvalue weighted by atomic mass is 10.3. The van der Waals surface area contributed by atoms with Crippen LogP contribution in [0.4, 0.5) is 17.6 Å². The van der Waals surface area contributed by atoms with Gasteiger partial charge in [0, 0.05) is 30.1 Å². The maximum atomic E-state index is 4.56. The van der Waals surface area contributed by atoms with E-state index in [1.54, 1.807) is 12.4 Å². The van der Waals surface area contributed by atoms with Crippen LogP contribution in [0.3, 0.4) is 0 Å². The molecule has 0 bridgehead atoms. The second-order valence-corrected chi connectivity index (χ2v) is 6.74. The van der Waals surface area contributed by atoms with Gasteiger partial charge in [0.2, 0.25) is 5.95 Å². The highest BCUT2D eigenvalue weighted by molar-refractivity contribution is 5.73. The van der Waals surface area contributed by atoms with Gasteiger partial charge in [-0.1, -0.05) is 0 Å². The first-order valence-corrected chi connectivity index (χ1v) is 8.96. The third-order valence-corrected chi connectivity index (χ3v) is 4.58. The number of hydrogen-bond donors (Lipinski definition) is 4. The summed E-state index contributed by atoms with van der Waals surface area (Å²) in [6, 6.07) is 5.64. The van der Waals surface area contributed by atoms with Gasteiger partial charge >= 0.3 is 0 Å². The van der Waals surface area contributed by atoms with Gasteiger partial charge < -0.3 is 15.6 Å². The van der Waals surface area contributed by atoms with Crippen LogP contribution >= 0.6 is 0 Å². The van der Waals surface area contributed by atoms with Crippen molar-refractivity contribution in [2.24, 2.45) is 0 Å². The number of aromatic nitrogens is 7. The molecule has 5 rings (SSSR count). The molecule has 0 spiro atoms. The summed E-state index contributed by atoms with van der Waals surface area (Å²) in [4.78, 5) is 20.8. The first kappa shape index (κ1) is 15.7. The zero-order valence-corrected chi connectivity index (χ0v) is 14.8. The average Bonchev–Trinajstić information content (AvgIpc) is 3.23. The number of hydrogen-bond acceptors (Lipinski definition) is 7. The van der Waals surface area contributed by atoms with Crippen molar-refractivity contribution in [3.8, 4) is 0 Å². The lowest BCUT2D eigenvalue weighted by Crippen LogP contribution is -2.13. The molecular weight excluding hydrogens is 342 g/mol. The SMILES string of the molecule is C[C@@H](Nc1nccc(Nc2cc(C3CC3)[nH]n2)n1)c1ncc2[nH]ccc2n1. The van der Waals surface area contributed by atoms with Gasteiger partial charge in [0.1, 0.15) is 5.82 Å². The molecular formula is C18H19N9. The molecule has 4 heterocycles. The zero-order chi connectivity index (χ0) is 18.2. The Labute approximate surface area is 155 Å². The second kappa shape index (κ2) is 6.35. The first-order chi connectivity index (χ1) is 13.2. The maximum absolute atomic E-state index is 4.56. The molecule has 0 saturated heterocycles. The van der Waals surface area contributed by atoms with Gasteiger partial charge in [0.05, 0.1) is 23.3 Å². The molecule has 136 valence electrons. The predicted molar refractivity (Wildman–Crippen MR) is 102 cm³/mol. The van der Waals surface area contributed by atoms with Crippen molar-refractivity contribution in [2.45, 2.75) is 31.7 Å². The summed E-state index contributed by atoms with van der Waals surface area (Å²) in [5.41, 5.74) is 2.98. The van der Waals surface area contributed by atoms with Crippen molar-refractivity contribution in [3.05, 3.63) is 48.3 Å². The minimum absolute atomic E-state index is 0.133. The van der Waals surface area contributed by atoms with Crippen LogP contribution in [0.15, 0.2) is 36.8 Å². The molecule has 1 aliphatic rings. The molecule has 1 fully saturated rings. The molecule has 1 saturated carbocycles. The largest absolute Gasteiger partial charge is 0.359 e. The molecule has 9 nitrogen and oxygen atoms in total. The lowest BCUT2D eigenvalue weighted by Gasteiger charge is -2.13. The number of rotatable bonds is 6.